The Morgan fingerprint density at radius 2 is 1.95 bits per heavy atom. The molecule has 116 valence electrons. The highest BCUT2D eigenvalue weighted by molar-refractivity contribution is 7.80. The third kappa shape index (κ3) is 4.28. The van der Waals surface area contributed by atoms with E-state index in [2.05, 4.69) is 49.6 Å². The summed E-state index contributed by atoms with van der Waals surface area (Å²) in [5, 5.41) is 6.84. The van der Waals surface area contributed by atoms with Crippen LogP contribution in [-0.4, -0.2) is 5.11 Å². The van der Waals surface area contributed by atoms with Crippen molar-refractivity contribution in [1.29, 1.82) is 0 Å². The largest absolute Gasteiger partial charge is 0.356 e. The van der Waals surface area contributed by atoms with E-state index in [0.717, 1.165) is 6.42 Å². The Labute approximate surface area is 136 Å². The van der Waals surface area contributed by atoms with Gasteiger partial charge in [-0.2, -0.15) is 0 Å². The molecule has 0 aliphatic carbocycles. The number of benzene rings is 2. The van der Waals surface area contributed by atoms with Crippen molar-refractivity contribution in [3.63, 3.8) is 0 Å². The standard InChI is InChI=1S/C18H21FN2S/c1-4-17(16-9-8-12(2)10-13(16)3)21-18(22)20-15-7-5-6-14(19)11-15/h5-11,17H,4H2,1-3H3,(H2,20,21,22). The first kappa shape index (κ1) is 16.4. The van der Waals surface area contributed by atoms with Gasteiger partial charge in [0.05, 0.1) is 6.04 Å². The lowest BCUT2D eigenvalue weighted by Crippen LogP contribution is -2.32. The zero-order chi connectivity index (χ0) is 16.1. The summed E-state index contributed by atoms with van der Waals surface area (Å²) in [5.74, 6) is -0.283. The lowest BCUT2D eigenvalue weighted by molar-refractivity contribution is 0.624. The molecule has 1 unspecified atom stereocenters. The summed E-state index contributed by atoms with van der Waals surface area (Å²) in [4.78, 5) is 0. The number of anilines is 1. The van der Waals surface area contributed by atoms with Crippen LogP contribution in [0.25, 0.3) is 0 Å². The van der Waals surface area contributed by atoms with Gasteiger partial charge in [0.25, 0.3) is 0 Å². The number of aryl methyl sites for hydroxylation is 2. The van der Waals surface area contributed by atoms with E-state index in [0.29, 0.717) is 10.8 Å². The van der Waals surface area contributed by atoms with Crippen LogP contribution in [0.15, 0.2) is 42.5 Å². The van der Waals surface area contributed by atoms with Gasteiger partial charge in [-0.25, -0.2) is 4.39 Å². The molecule has 2 aromatic carbocycles. The molecule has 22 heavy (non-hydrogen) atoms. The van der Waals surface area contributed by atoms with Gasteiger partial charge in [-0.3, -0.25) is 0 Å². The molecule has 0 fully saturated rings. The lowest BCUT2D eigenvalue weighted by Gasteiger charge is -2.22. The van der Waals surface area contributed by atoms with Crippen LogP contribution in [0.3, 0.4) is 0 Å². The van der Waals surface area contributed by atoms with Gasteiger partial charge in [-0.1, -0.05) is 36.8 Å². The van der Waals surface area contributed by atoms with Crippen LogP contribution in [0.4, 0.5) is 10.1 Å². The van der Waals surface area contributed by atoms with Crippen molar-refractivity contribution in [2.45, 2.75) is 33.2 Å². The van der Waals surface area contributed by atoms with Crippen LogP contribution in [0.1, 0.15) is 36.1 Å². The summed E-state index contributed by atoms with van der Waals surface area (Å²) in [6.07, 6.45) is 0.912. The Bertz CT molecular complexity index is 670. The van der Waals surface area contributed by atoms with Crippen molar-refractivity contribution < 1.29 is 4.39 Å². The number of rotatable bonds is 4. The summed E-state index contributed by atoms with van der Waals surface area (Å²) >= 11 is 5.35. The van der Waals surface area contributed by atoms with Crippen molar-refractivity contribution in [3.05, 3.63) is 65.0 Å². The van der Waals surface area contributed by atoms with Crippen LogP contribution in [0.2, 0.25) is 0 Å². The van der Waals surface area contributed by atoms with Crippen molar-refractivity contribution in [2.24, 2.45) is 0 Å². The average Bonchev–Trinajstić information content (AvgIpc) is 2.45. The maximum absolute atomic E-state index is 13.2. The highest BCUT2D eigenvalue weighted by atomic mass is 32.1. The Morgan fingerprint density at radius 3 is 2.59 bits per heavy atom. The first-order valence-electron chi connectivity index (χ1n) is 7.40. The zero-order valence-corrected chi connectivity index (χ0v) is 13.9. The van der Waals surface area contributed by atoms with Gasteiger partial charge in [0.2, 0.25) is 0 Å². The number of hydrogen-bond acceptors (Lipinski definition) is 1. The van der Waals surface area contributed by atoms with E-state index in [4.69, 9.17) is 12.2 Å². The van der Waals surface area contributed by atoms with Crippen molar-refractivity contribution in [2.75, 3.05) is 5.32 Å². The summed E-state index contributed by atoms with van der Waals surface area (Å²) in [6.45, 7) is 6.30. The first-order valence-corrected chi connectivity index (χ1v) is 7.80. The fourth-order valence-electron chi connectivity index (χ4n) is 2.51. The summed E-state index contributed by atoms with van der Waals surface area (Å²) in [5.41, 5.74) is 4.37. The molecule has 0 aromatic heterocycles. The van der Waals surface area contributed by atoms with E-state index >= 15 is 0 Å². The number of hydrogen-bond donors (Lipinski definition) is 2. The van der Waals surface area contributed by atoms with Gasteiger partial charge in [0, 0.05) is 5.69 Å². The zero-order valence-electron chi connectivity index (χ0n) is 13.1. The van der Waals surface area contributed by atoms with Crippen LogP contribution < -0.4 is 10.6 Å². The smallest absolute Gasteiger partial charge is 0.171 e. The van der Waals surface area contributed by atoms with E-state index in [9.17, 15) is 4.39 Å². The quantitative estimate of drug-likeness (QED) is 0.786. The molecule has 0 heterocycles. The molecular formula is C18H21FN2S. The highest BCUT2D eigenvalue weighted by Gasteiger charge is 2.13. The molecule has 0 aliphatic heterocycles. The minimum atomic E-state index is -0.283. The molecule has 0 bridgehead atoms. The molecule has 0 saturated carbocycles. The molecule has 0 amide bonds. The minimum absolute atomic E-state index is 0.133. The van der Waals surface area contributed by atoms with Gasteiger partial charge in [-0.05, 0) is 61.8 Å². The van der Waals surface area contributed by atoms with Gasteiger partial charge in [0.1, 0.15) is 5.82 Å². The van der Waals surface area contributed by atoms with Crippen LogP contribution in [0, 0.1) is 19.7 Å². The SMILES string of the molecule is CCC(NC(=S)Nc1cccc(F)c1)c1ccc(C)cc1C. The van der Waals surface area contributed by atoms with Crippen LogP contribution in [0.5, 0.6) is 0 Å². The monoisotopic (exact) mass is 316 g/mol. The predicted molar refractivity (Wildman–Crippen MR) is 94.7 cm³/mol. The average molecular weight is 316 g/mol. The normalized spacial score (nSPS) is 11.8. The molecule has 2 N–H and O–H groups in total. The third-order valence-electron chi connectivity index (χ3n) is 3.60. The lowest BCUT2D eigenvalue weighted by atomic mass is 9.98. The topological polar surface area (TPSA) is 24.1 Å². The first-order chi connectivity index (χ1) is 10.5. The molecule has 4 heteroatoms. The van der Waals surface area contributed by atoms with Gasteiger partial charge < -0.3 is 10.6 Å². The predicted octanol–water partition coefficient (Wildman–Crippen LogP) is 4.88. The molecule has 0 spiro atoms. The van der Waals surface area contributed by atoms with E-state index in [1.165, 1.54) is 28.8 Å². The molecular weight excluding hydrogens is 295 g/mol. The molecule has 2 nitrogen and oxygen atoms in total. The Kier molecular flexibility index (Phi) is 5.50. The maximum Gasteiger partial charge on any atom is 0.171 e. The van der Waals surface area contributed by atoms with Gasteiger partial charge >= 0.3 is 0 Å². The molecule has 0 radical (unpaired) electrons. The molecule has 2 aromatic rings. The molecule has 2 rings (SSSR count). The summed E-state index contributed by atoms with van der Waals surface area (Å²) in [7, 11) is 0. The summed E-state index contributed by atoms with van der Waals surface area (Å²) in [6, 6.07) is 12.8. The van der Waals surface area contributed by atoms with Crippen molar-refractivity contribution >= 4 is 23.0 Å². The number of thiocarbonyl (C=S) groups is 1. The second-order valence-electron chi connectivity index (χ2n) is 5.43. The molecule has 0 aliphatic rings. The van der Waals surface area contributed by atoms with Gasteiger partial charge in [-0.15, -0.1) is 0 Å². The van der Waals surface area contributed by atoms with E-state index in [-0.39, 0.29) is 11.9 Å². The highest BCUT2D eigenvalue weighted by Crippen LogP contribution is 2.22. The van der Waals surface area contributed by atoms with E-state index in [1.54, 1.807) is 12.1 Å². The Hall–Kier alpha value is -1.94. The van der Waals surface area contributed by atoms with E-state index < -0.39 is 0 Å². The molecule has 0 saturated heterocycles. The fourth-order valence-corrected chi connectivity index (χ4v) is 2.77. The second-order valence-corrected chi connectivity index (χ2v) is 5.84. The number of nitrogens with one attached hydrogen (secondary N) is 2. The van der Waals surface area contributed by atoms with E-state index in [1.807, 2.05) is 0 Å². The van der Waals surface area contributed by atoms with Crippen LogP contribution >= 0.6 is 12.2 Å². The Balaban J connectivity index is 2.08. The molecule has 1 atom stereocenters. The summed E-state index contributed by atoms with van der Waals surface area (Å²) < 4.78 is 13.2. The minimum Gasteiger partial charge on any atom is -0.356 e. The fraction of sp³-hybridized carbons (Fsp3) is 0.278. The third-order valence-corrected chi connectivity index (χ3v) is 3.82. The Morgan fingerprint density at radius 1 is 1.18 bits per heavy atom. The van der Waals surface area contributed by atoms with Gasteiger partial charge in [0.15, 0.2) is 5.11 Å². The van der Waals surface area contributed by atoms with Crippen LogP contribution in [-0.2, 0) is 0 Å². The second kappa shape index (κ2) is 7.36. The van der Waals surface area contributed by atoms with Crippen molar-refractivity contribution in [3.8, 4) is 0 Å². The maximum atomic E-state index is 13.2. The van der Waals surface area contributed by atoms with Crippen molar-refractivity contribution in [1.82, 2.24) is 5.32 Å². The number of halogens is 1.